The van der Waals surface area contributed by atoms with Crippen LogP contribution in [0.1, 0.15) is 25.7 Å². The zero-order chi connectivity index (χ0) is 11.1. The monoisotopic (exact) mass is 216 g/mol. The van der Waals surface area contributed by atoms with E-state index in [-0.39, 0.29) is 23.7 Å². The number of carbonyl (C=O) groups excluding carboxylic acids is 2. The lowest BCUT2D eigenvalue weighted by molar-refractivity contribution is -0.147. The van der Waals surface area contributed by atoms with E-state index >= 15 is 0 Å². The van der Waals surface area contributed by atoms with Gasteiger partial charge in [-0.3, -0.25) is 9.59 Å². The Morgan fingerprint density at radius 2 is 0.875 bits per heavy atom. The number of allylic oxidation sites excluding steroid dienone is 4. The Balaban J connectivity index is 1.96. The first-order valence-electron chi connectivity index (χ1n) is 6.16. The van der Waals surface area contributed by atoms with Crippen LogP contribution in [0.4, 0.5) is 0 Å². The highest BCUT2D eigenvalue weighted by Gasteiger charge is 2.48. The Bertz CT molecular complexity index is 322. The average Bonchev–Trinajstić information content (AvgIpc) is 2.36. The van der Waals surface area contributed by atoms with Crippen LogP contribution in [-0.2, 0) is 9.59 Å². The molecular formula is C14H16O2. The molecule has 2 heteroatoms. The zero-order valence-corrected chi connectivity index (χ0v) is 9.26. The fourth-order valence-corrected chi connectivity index (χ4v) is 3.44. The third kappa shape index (κ3) is 1.32. The molecule has 2 nitrogen and oxygen atoms in total. The molecular weight excluding hydrogens is 200 g/mol. The zero-order valence-electron chi connectivity index (χ0n) is 9.26. The molecule has 0 aromatic heterocycles. The van der Waals surface area contributed by atoms with Gasteiger partial charge in [0.1, 0.15) is 11.6 Å². The van der Waals surface area contributed by atoms with Gasteiger partial charge in [-0.2, -0.15) is 0 Å². The highest BCUT2D eigenvalue weighted by Crippen LogP contribution is 2.43. The molecule has 0 saturated heterocycles. The second-order valence-electron chi connectivity index (χ2n) is 5.12. The van der Waals surface area contributed by atoms with E-state index in [1.807, 2.05) is 0 Å². The summed E-state index contributed by atoms with van der Waals surface area (Å²) in [5.41, 5.74) is 0. The first-order valence-corrected chi connectivity index (χ1v) is 6.16. The van der Waals surface area contributed by atoms with Crippen molar-refractivity contribution in [2.24, 2.45) is 23.7 Å². The van der Waals surface area contributed by atoms with Gasteiger partial charge in [-0.05, 0) is 25.7 Å². The van der Waals surface area contributed by atoms with Crippen molar-refractivity contribution in [3.05, 3.63) is 24.3 Å². The van der Waals surface area contributed by atoms with Gasteiger partial charge in [0.15, 0.2) is 0 Å². The first kappa shape index (κ1) is 10.0. The molecule has 0 amide bonds. The van der Waals surface area contributed by atoms with E-state index in [0.29, 0.717) is 11.6 Å². The number of hydrogen-bond acceptors (Lipinski definition) is 2. The molecule has 0 spiro atoms. The SMILES string of the molecule is O=C1[C@H]2CC=CC[C@H]2C(=O)[C@H]2CC=CC[C@@H]12. The fourth-order valence-electron chi connectivity index (χ4n) is 3.44. The van der Waals surface area contributed by atoms with Crippen molar-refractivity contribution in [1.82, 2.24) is 0 Å². The molecule has 0 heterocycles. The van der Waals surface area contributed by atoms with Crippen LogP contribution in [0.15, 0.2) is 24.3 Å². The molecule has 0 radical (unpaired) electrons. The Morgan fingerprint density at radius 1 is 0.625 bits per heavy atom. The van der Waals surface area contributed by atoms with Crippen molar-refractivity contribution in [3.8, 4) is 0 Å². The van der Waals surface area contributed by atoms with Gasteiger partial charge in [-0.15, -0.1) is 0 Å². The summed E-state index contributed by atoms with van der Waals surface area (Å²) >= 11 is 0. The smallest absolute Gasteiger partial charge is 0.141 e. The normalized spacial score (nSPS) is 41.8. The molecule has 4 atom stereocenters. The molecule has 3 aliphatic rings. The van der Waals surface area contributed by atoms with Gasteiger partial charge in [-0.25, -0.2) is 0 Å². The molecule has 3 rings (SSSR count). The highest BCUT2D eigenvalue weighted by molar-refractivity contribution is 6.00. The van der Waals surface area contributed by atoms with E-state index in [4.69, 9.17) is 0 Å². The van der Waals surface area contributed by atoms with Crippen LogP contribution in [0.3, 0.4) is 0 Å². The van der Waals surface area contributed by atoms with Crippen LogP contribution in [0.5, 0.6) is 0 Å². The van der Waals surface area contributed by atoms with E-state index in [0.717, 1.165) is 25.7 Å². The topological polar surface area (TPSA) is 34.1 Å². The van der Waals surface area contributed by atoms with Gasteiger partial charge >= 0.3 is 0 Å². The van der Waals surface area contributed by atoms with Gasteiger partial charge in [0.25, 0.3) is 0 Å². The largest absolute Gasteiger partial charge is 0.299 e. The first-order chi connectivity index (χ1) is 7.79. The van der Waals surface area contributed by atoms with Crippen LogP contribution >= 0.6 is 0 Å². The Morgan fingerprint density at radius 3 is 1.12 bits per heavy atom. The highest BCUT2D eigenvalue weighted by atomic mass is 16.1. The van der Waals surface area contributed by atoms with Gasteiger partial charge in [0, 0.05) is 23.7 Å². The molecule has 0 aromatic rings. The molecule has 3 aliphatic carbocycles. The Kier molecular flexibility index (Phi) is 2.31. The molecule has 0 aromatic carbocycles. The predicted octanol–water partition coefficient (Wildman–Crippen LogP) is 2.30. The molecule has 0 N–H and O–H groups in total. The summed E-state index contributed by atoms with van der Waals surface area (Å²) in [5.74, 6) is 0.664. The lowest BCUT2D eigenvalue weighted by atomic mass is 9.60. The summed E-state index contributed by atoms with van der Waals surface area (Å²) in [6, 6.07) is 0. The van der Waals surface area contributed by atoms with Crippen LogP contribution in [0.25, 0.3) is 0 Å². The summed E-state index contributed by atoms with van der Waals surface area (Å²) in [5, 5.41) is 0. The third-order valence-corrected chi connectivity index (χ3v) is 4.33. The van der Waals surface area contributed by atoms with Crippen molar-refractivity contribution in [3.63, 3.8) is 0 Å². The minimum absolute atomic E-state index is 0.00903. The van der Waals surface area contributed by atoms with E-state index in [2.05, 4.69) is 24.3 Å². The number of fused-ring (bicyclic) bond motifs is 2. The maximum atomic E-state index is 12.3. The molecule has 1 saturated carbocycles. The summed E-state index contributed by atoms with van der Waals surface area (Å²) in [6.07, 6.45) is 11.4. The molecule has 0 bridgehead atoms. The predicted molar refractivity (Wildman–Crippen MR) is 60.7 cm³/mol. The van der Waals surface area contributed by atoms with Gasteiger partial charge in [-0.1, -0.05) is 24.3 Å². The van der Waals surface area contributed by atoms with Crippen molar-refractivity contribution < 1.29 is 9.59 Å². The van der Waals surface area contributed by atoms with Crippen LogP contribution in [-0.4, -0.2) is 11.6 Å². The molecule has 84 valence electrons. The van der Waals surface area contributed by atoms with Crippen molar-refractivity contribution in [2.75, 3.05) is 0 Å². The number of hydrogen-bond donors (Lipinski definition) is 0. The summed E-state index contributed by atoms with van der Waals surface area (Å²) < 4.78 is 0. The fraction of sp³-hybridized carbons (Fsp3) is 0.571. The molecule has 1 fully saturated rings. The minimum atomic E-state index is -0.00903. The van der Waals surface area contributed by atoms with Gasteiger partial charge < -0.3 is 0 Å². The quantitative estimate of drug-likeness (QED) is 0.582. The Labute approximate surface area is 95.4 Å². The van der Waals surface area contributed by atoms with Gasteiger partial charge in [0.05, 0.1) is 0 Å². The number of Topliss-reactive ketones (excluding diaryl/α,β-unsaturated/α-hetero) is 2. The van der Waals surface area contributed by atoms with E-state index in [9.17, 15) is 9.59 Å². The second-order valence-corrected chi connectivity index (χ2v) is 5.12. The Hall–Kier alpha value is -1.18. The number of carbonyl (C=O) groups is 2. The number of ketones is 2. The average molecular weight is 216 g/mol. The van der Waals surface area contributed by atoms with Crippen LogP contribution in [0, 0.1) is 23.7 Å². The lowest BCUT2D eigenvalue weighted by Crippen LogP contribution is -2.48. The second kappa shape index (κ2) is 3.69. The standard InChI is InChI=1S/C14H16O2/c15-13-9-5-1-2-6-10(9)14(16)12-8-4-3-7-11(12)13/h1-4,9-12H,5-8H2/t9-,10+,11+,12-. The van der Waals surface area contributed by atoms with Crippen LogP contribution < -0.4 is 0 Å². The summed E-state index contributed by atoms with van der Waals surface area (Å²) in [4.78, 5) is 24.6. The van der Waals surface area contributed by atoms with Crippen molar-refractivity contribution >= 4 is 11.6 Å². The molecule has 16 heavy (non-hydrogen) atoms. The maximum Gasteiger partial charge on any atom is 0.141 e. The van der Waals surface area contributed by atoms with Crippen LogP contribution in [0.2, 0.25) is 0 Å². The van der Waals surface area contributed by atoms with Gasteiger partial charge in [0.2, 0.25) is 0 Å². The minimum Gasteiger partial charge on any atom is -0.299 e. The summed E-state index contributed by atoms with van der Waals surface area (Å²) in [7, 11) is 0. The summed E-state index contributed by atoms with van der Waals surface area (Å²) in [6.45, 7) is 0. The van der Waals surface area contributed by atoms with Crippen molar-refractivity contribution in [2.45, 2.75) is 25.7 Å². The van der Waals surface area contributed by atoms with E-state index in [1.165, 1.54) is 0 Å². The molecule has 0 aliphatic heterocycles. The third-order valence-electron chi connectivity index (χ3n) is 4.33. The molecule has 0 unspecified atom stereocenters. The number of rotatable bonds is 0. The van der Waals surface area contributed by atoms with E-state index in [1.54, 1.807) is 0 Å². The van der Waals surface area contributed by atoms with E-state index < -0.39 is 0 Å². The maximum absolute atomic E-state index is 12.3. The lowest BCUT2D eigenvalue weighted by Gasteiger charge is -2.40. The van der Waals surface area contributed by atoms with Crippen molar-refractivity contribution in [1.29, 1.82) is 0 Å².